The topological polar surface area (TPSA) is 54.0 Å². The van der Waals surface area contributed by atoms with Gasteiger partial charge in [-0.15, -0.1) is 0 Å². The summed E-state index contributed by atoms with van der Waals surface area (Å²) in [6.45, 7) is 9.81. The molecule has 0 aliphatic carbocycles. The van der Waals surface area contributed by atoms with Crippen molar-refractivity contribution < 1.29 is 22.8 Å². The molecule has 0 aromatic carbocycles. The lowest BCUT2D eigenvalue weighted by molar-refractivity contribution is -0.160. The lowest BCUT2D eigenvalue weighted by atomic mass is 9.88. The second-order valence-corrected chi connectivity index (χ2v) is 8.19. The van der Waals surface area contributed by atoms with Crippen molar-refractivity contribution in [3.8, 4) is 0 Å². The van der Waals surface area contributed by atoms with Gasteiger partial charge in [-0.2, -0.15) is 0 Å². The fourth-order valence-corrected chi connectivity index (χ4v) is 4.84. The molecule has 1 rings (SSSR count). The summed E-state index contributed by atoms with van der Waals surface area (Å²) in [5.74, 6) is -0.149. The van der Waals surface area contributed by atoms with Crippen LogP contribution in [0.5, 0.6) is 0 Å². The minimum atomic E-state index is -2.80. The van der Waals surface area contributed by atoms with Gasteiger partial charge >= 0.3 is 8.80 Å². The molecular formula is C14H26O5Si. The Kier molecular flexibility index (Phi) is 6.09. The minimum Gasteiger partial charge on any atom is -0.377 e. The molecule has 1 heterocycles. The highest BCUT2D eigenvalue weighted by Crippen LogP contribution is 2.38. The molecule has 2 atom stereocenters. The third-order valence-corrected chi connectivity index (χ3v) is 6.56. The largest absolute Gasteiger partial charge is 0.501 e. The fraction of sp³-hybridized carbons (Fsp3) is 0.786. The SMILES string of the molecule is C=C(C)C(=O)C1(C)O[Si](OC)(OC)CCC1OCCC. The summed E-state index contributed by atoms with van der Waals surface area (Å²) >= 11 is 0. The van der Waals surface area contributed by atoms with Crippen LogP contribution in [0.4, 0.5) is 0 Å². The van der Waals surface area contributed by atoms with Gasteiger partial charge in [0.15, 0.2) is 5.78 Å². The molecule has 0 saturated carbocycles. The quantitative estimate of drug-likeness (QED) is 0.534. The van der Waals surface area contributed by atoms with Crippen molar-refractivity contribution in [2.45, 2.75) is 51.4 Å². The van der Waals surface area contributed by atoms with Gasteiger partial charge in [-0.25, -0.2) is 0 Å². The molecule has 20 heavy (non-hydrogen) atoms. The molecule has 1 aliphatic rings. The van der Waals surface area contributed by atoms with Gasteiger partial charge in [0, 0.05) is 26.9 Å². The van der Waals surface area contributed by atoms with Crippen molar-refractivity contribution in [3.63, 3.8) is 0 Å². The normalized spacial score (nSPS) is 29.1. The summed E-state index contributed by atoms with van der Waals surface area (Å²) in [6.07, 6.45) is 1.28. The number of Topliss-reactive ketones (excluding diaryl/α,β-unsaturated/α-hetero) is 1. The predicted octanol–water partition coefficient (Wildman–Crippen LogP) is 2.34. The Morgan fingerprint density at radius 3 is 2.50 bits per heavy atom. The van der Waals surface area contributed by atoms with Crippen LogP contribution in [0.3, 0.4) is 0 Å². The van der Waals surface area contributed by atoms with Crippen LogP contribution in [0.15, 0.2) is 12.2 Å². The van der Waals surface area contributed by atoms with Crippen molar-refractivity contribution in [2.75, 3.05) is 20.8 Å². The molecule has 0 bridgehead atoms. The lowest BCUT2D eigenvalue weighted by Gasteiger charge is -2.46. The Morgan fingerprint density at radius 2 is 2.05 bits per heavy atom. The molecule has 116 valence electrons. The van der Waals surface area contributed by atoms with Crippen molar-refractivity contribution >= 4 is 14.6 Å². The fourth-order valence-electron chi connectivity index (χ4n) is 2.51. The second kappa shape index (κ2) is 6.95. The van der Waals surface area contributed by atoms with Gasteiger partial charge in [0.2, 0.25) is 0 Å². The molecule has 0 aromatic rings. The van der Waals surface area contributed by atoms with E-state index in [2.05, 4.69) is 6.58 Å². The van der Waals surface area contributed by atoms with Crippen LogP contribution in [-0.4, -0.2) is 47.1 Å². The van der Waals surface area contributed by atoms with Crippen LogP contribution in [0.1, 0.15) is 33.6 Å². The van der Waals surface area contributed by atoms with E-state index in [1.165, 1.54) is 0 Å². The molecule has 0 aromatic heterocycles. The van der Waals surface area contributed by atoms with Gasteiger partial charge in [0.1, 0.15) is 5.60 Å². The second-order valence-electron chi connectivity index (χ2n) is 5.31. The van der Waals surface area contributed by atoms with Crippen molar-refractivity contribution in [1.82, 2.24) is 0 Å². The Labute approximate surface area is 122 Å². The summed E-state index contributed by atoms with van der Waals surface area (Å²) < 4.78 is 22.8. The zero-order chi connectivity index (χ0) is 15.4. The average molecular weight is 302 g/mol. The number of hydrogen-bond acceptors (Lipinski definition) is 5. The molecule has 0 amide bonds. The number of ether oxygens (including phenoxy) is 1. The molecule has 1 saturated heterocycles. The van der Waals surface area contributed by atoms with E-state index in [0.29, 0.717) is 24.6 Å². The number of hydrogen-bond donors (Lipinski definition) is 0. The van der Waals surface area contributed by atoms with Crippen LogP contribution in [0.25, 0.3) is 0 Å². The number of rotatable bonds is 7. The molecule has 0 spiro atoms. The summed E-state index contributed by atoms with van der Waals surface area (Å²) in [7, 11) is 0.331. The molecule has 0 N–H and O–H groups in total. The van der Waals surface area contributed by atoms with Crippen molar-refractivity contribution in [2.24, 2.45) is 0 Å². The first kappa shape index (κ1) is 17.5. The first-order valence-corrected chi connectivity index (χ1v) is 8.90. The van der Waals surface area contributed by atoms with E-state index in [1.807, 2.05) is 6.92 Å². The number of ketones is 1. The van der Waals surface area contributed by atoms with Crippen LogP contribution in [0.2, 0.25) is 6.04 Å². The lowest BCUT2D eigenvalue weighted by Crippen LogP contribution is -2.63. The van der Waals surface area contributed by atoms with Crippen molar-refractivity contribution in [1.29, 1.82) is 0 Å². The summed E-state index contributed by atoms with van der Waals surface area (Å²) in [6, 6.07) is 0.646. The molecule has 5 nitrogen and oxygen atoms in total. The van der Waals surface area contributed by atoms with Gasteiger partial charge in [-0.3, -0.25) is 4.79 Å². The van der Waals surface area contributed by atoms with Crippen molar-refractivity contribution in [3.05, 3.63) is 12.2 Å². The summed E-state index contributed by atoms with van der Waals surface area (Å²) in [5.41, 5.74) is -0.632. The van der Waals surface area contributed by atoms with Crippen LogP contribution >= 0.6 is 0 Å². The van der Waals surface area contributed by atoms with Crippen LogP contribution < -0.4 is 0 Å². The molecule has 6 heteroatoms. The third kappa shape index (κ3) is 3.37. The molecule has 1 aliphatic heterocycles. The van der Waals surface area contributed by atoms with Crippen LogP contribution in [-0.2, 0) is 22.8 Å². The standard InChI is InChI=1S/C14H26O5Si/c1-7-9-18-12-8-10-20(16-5,17-6)19-14(12,4)13(15)11(2)3/h12H,2,7-10H2,1,3-6H3. The number of carbonyl (C=O) groups excluding carboxylic acids is 1. The van der Waals surface area contributed by atoms with Gasteiger partial charge in [-0.05, 0) is 32.3 Å². The zero-order valence-corrected chi connectivity index (χ0v) is 14.2. The maximum atomic E-state index is 12.5. The highest BCUT2D eigenvalue weighted by molar-refractivity contribution is 6.61. The first-order valence-electron chi connectivity index (χ1n) is 6.97. The van der Waals surface area contributed by atoms with E-state index in [-0.39, 0.29) is 11.9 Å². The highest BCUT2D eigenvalue weighted by Gasteiger charge is 2.57. The van der Waals surface area contributed by atoms with E-state index in [9.17, 15) is 4.79 Å². The maximum Gasteiger partial charge on any atom is 0.501 e. The smallest absolute Gasteiger partial charge is 0.377 e. The Balaban J connectivity index is 3.05. The zero-order valence-electron chi connectivity index (χ0n) is 13.2. The van der Waals surface area contributed by atoms with E-state index < -0.39 is 14.4 Å². The Hall–Kier alpha value is -0.533. The van der Waals surface area contributed by atoms with E-state index in [4.69, 9.17) is 18.0 Å². The molecule has 2 unspecified atom stereocenters. The Morgan fingerprint density at radius 1 is 1.45 bits per heavy atom. The predicted molar refractivity (Wildman–Crippen MR) is 78.5 cm³/mol. The van der Waals surface area contributed by atoms with Gasteiger partial charge < -0.3 is 18.0 Å². The minimum absolute atomic E-state index is 0.149. The summed E-state index contributed by atoms with van der Waals surface area (Å²) in [4.78, 5) is 12.5. The van der Waals surface area contributed by atoms with E-state index in [0.717, 1.165) is 6.42 Å². The summed E-state index contributed by atoms with van der Waals surface area (Å²) in [5, 5.41) is 0. The van der Waals surface area contributed by atoms with Gasteiger partial charge in [-0.1, -0.05) is 13.5 Å². The highest BCUT2D eigenvalue weighted by atomic mass is 28.4. The van der Waals surface area contributed by atoms with E-state index in [1.54, 1.807) is 28.1 Å². The molecule has 1 fully saturated rings. The first-order chi connectivity index (χ1) is 9.35. The molecule has 0 radical (unpaired) electrons. The maximum absolute atomic E-state index is 12.5. The van der Waals surface area contributed by atoms with Gasteiger partial charge in [0.25, 0.3) is 0 Å². The molecular weight excluding hydrogens is 276 g/mol. The third-order valence-electron chi connectivity index (χ3n) is 3.68. The monoisotopic (exact) mass is 302 g/mol. The average Bonchev–Trinajstić information content (AvgIpc) is 2.45. The van der Waals surface area contributed by atoms with Crippen LogP contribution in [0, 0.1) is 0 Å². The van der Waals surface area contributed by atoms with E-state index >= 15 is 0 Å². The Bertz CT molecular complexity index is 367. The van der Waals surface area contributed by atoms with Gasteiger partial charge in [0.05, 0.1) is 6.10 Å². The number of carbonyl (C=O) groups is 1.